The van der Waals surface area contributed by atoms with Crippen molar-refractivity contribution < 1.29 is 27.5 Å². The van der Waals surface area contributed by atoms with Crippen LogP contribution in [-0.2, 0) is 11.0 Å². The van der Waals surface area contributed by atoms with E-state index in [0.717, 1.165) is 12.1 Å². The summed E-state index contributed by atoms with van der Waals surface area (Å²) in [6.45, 7) is 2.87. The molecule has 1 N–H and O–H groups in total. The highest BCUT2D eigenvalue weighted by Crippen LogP contribution is 2.33. The summed E-state index contributed by atoms with van der Waals surface area (Å²) in [4.78, 5) is 13.8. The summed E-state index contributed by atoms with van der Waals surface area (Å²) in [6, 6.07) is 2.64. The fraction of sp³-hybridized carbons (Fsp3) is 0.562. The number of Topliss-reactive ketones (excluding diaryl/α,β-unsaturated/α-hetero) is 1. The second-order valence-electron chi connectivity index (χ2n) is 5.93. The lowest BCUT2D eigenvalue weighted by molar-refractivity contribution is -0.140. The third-order valence-electron chi connectivity index (χ3n) is 4.19. The number of rotatable bonds is 4. The maximum Gasteiger partial charge on any atom is 0.419 e. The number of aliphatic hydroxyl groups is 1. The lowest BCUT2D eigenvalue weighted by Gasteiger charge is -2.32. The van der Waals surface area contributed by atoms with E-state index < -0.39 is 23.5 Å². The molecule has 0 aromatic heterocycles. The van der Waals surface area contributed by atoms with Crippen LogP contribution in [0.2, 0.25) is 0 Å². The number of ketones is 1. The molecule has 0 bridgehead atoms. The molecule has 2 rings (SSSR count). The molecular weight excluding hydrogens is 314 g/mol. The van der Waals surface area contributed by atoms with E-state index in [4.69, 9.17) is 0 Å². The number of likely N-dealkylation sites (tertiary alicyclic amines) is 1. The number of nitrogens with zero attached hydrogens (tertiary/aromatic N) is 1. The molecule has 0 aliphatic carbocycles. The number of halogens is 4. The summed E-state index contributed by atoms with van der Waals surface area (Å²) >= 11 is 0. The van der Waals surface area contributed by atoms with Gasteiger partial charge >= 0.3 is 6.18 Å². The van der Waals surface area contributed by atoms with Crippen LogP contribution in [0.25, 0.3) is 0 Å². The Morgan fingerprint density at radius 3 is 2.43 bits per heavy atom. The molecule has 3 nitrogen and oxygen atoms in total. The average Bonchev–Trinajstić information content (AvgIpc) is 2.44. The maximum absolute atomic E-state index is 13.7. The Morgan fingerprint density at radius 2 is 1.96 bits per heavy atom. The van der Waals surface area contributed by atoms with Crippen LogP contribution >= 0.6 is 0 Å². The largest absolute Gasteiger partial charge is 0.419 e. The molecule has 1 aromatic carbocycles. The molecule has 0 spiro atoms. The van der Waals surface area contributed by atoms with Gasteiger partial charge in [-0.05, 0) is 37.5 Å². The van der Waals surface area contributed by atoms with Crippen LogP contribution in [-0.4, -0.2) is 41.5 Å². The first-order valence-electron chi connectivity index (χ1n) is 7.46. The topological polar surface area (TPSA) is 40.5 Å². The van der Waals surface area contributed by atoms with E-state index in [1.54, 1.807) is 0 Å². The molecule has 0 unspecified atom stereocenters. The van der Waals surface area contributed by atoms with E-state index in [0.29, 0.717) is 38.5 Å². The van der Waals surface area contributed by atoms with Gasteiger partial charge in [-0.1, -0.05) is 6.07 Å². The van der Waals surface area contributed by atoms with Crippen LogP contribution in [0, 0.1) is 5.82 Å². The molecule has 1 aliphatic heterocycles. The van der Waals surface area contributed by atoms with Crippen molar-refractivity contribution in [1.29, 1.82) is 0 Å². The smallest absolute Gasteiger partial charge is 0.393 e. The first-order chi connectivity index (χ1) is 10.7. The van der Waals surface area contributed by atoms with Gasteiger partial charge in [-0.25, -0.2) is 4.39 Å². The summed E-state index contributed by atoms with van der Waals surface area (Å²) in [7, 11) is 0. The second kappa shape index (κ2) is 6.97. The van der Waals surface area contributed by atoms with Crippen LogP contribution in [0.3, 0.4) is 0 Å². The SMILES string of the molecule is CC(=O)[C@@H](CN1CCC(O)CC1)c1ccc(C(F)(F)F)c(F)c1. The maximum atomic E-state index is 13.7. The van der Waals surface area contributed by atoms with Crippen molar-refractivity contribution >= 4 is 5.78 Å². The number of hydrogen-bond donors (Lipinski definition) is 1. The zero-order valence-electron chi connectivity index (χ0n) is 12.7. The summed E-state index contributed by atoms with van der Waals surface area (Å²) in [5.41, 5.74) is -1.08. The highest BCUT2D eigenvalue weighted by Gasteiger charge is 2.34. The van der Waals surface area contributed by atoms with Gasteiger partial charge in [0.25, 0.3) is 0 Å². The Morgan fingerprint density at radius 1 is 1.35 bits per heavy atom. The highest BCUT2D eigenvalue weighted by molar-refractivity contribution is 5.83. The predicted octanol–water partition coefficient (Wildman–Crippen LogP) is 2.97. The Bertz CT molecular complexity index is 566. The van der Waals surface area contributed by atoms with Crippen molar-refractivity contribution in [3.63, 3.8) is 0 Å². The minimum absolute atomic E-state index is 0.227. The molecule has 7 heteroatoms. The second-order valence-corrected chi connectivity index (χ2v) is 5.93. The van der Waals surface area contributed by atoms with Crippen LogP contribution < -0.4 is 0 Å². The van der Waals surface area contributed by atoms with Crippen LogP contribution in [0.1, 0.15) is 36.8 Å². The fourth-order valence-electron chi connectivity index (χ4n) is 2.81. The van der Waals surface area contributed by atoms with E-state index in [9.17, 15) is 27.5 Å². The summed E-state index contributed by atoms with van der Waals surface area (Å²) in [5.74, 6) is -2.27. The molecule has 23 heavy (non-hydrogen) atoms. The lowest BCUT2D eigenvalue weighted by atomic mass is 9.92. The molecule has 0 radical (unpaired) electrons. The van der Waals surface area contributed by atoms with Crippen molar-refractivity contribution in [3.8, 4) is 0 Å². The number of carbonyl (C=O) groups is 1. The third-order valence-corrected chi connectivity index (χ3v) is 4.19. The van der Waals surface area contributed by atoms with Gasteiger partial charge in [0, 0.05) is 19.6 Å². The number of alkyl halides is 3. The minimum Gasteiger partial charge on any atom is -0.393 e. The van der Waals surface area contributed by atoms with Gasteiger partial charge in [0.2, 0.25) is 0 Å². The molecule has 1 heterocycles. The van der Waals surface area contributed by atoms with Crippen molar-refractivity contribution in [2.24, 2.45) is 0 Å². The Hall–Kier alpha value is -1.47. The first-order valence-corrected chi connectivity index (χ1v) is 7.46. The van der Waals surface area contributed by atoms with E-state index in [-0.39, 0.29) is 17.5 Å². The molecule has 1 saturated heterocycles. The number of piperidine rings is 1. The Kier molecular flexibility index (Phi) is 5.41. The van der Waals surface area contributed by atoms with Crippen molar-refractivity contribution in [2.45, 2.75) is 38.0 Å². The normalized spacial score (nSPS) is 18.9. The fourth-order valence-corrected chi connectivity index (χ4v) is 2.81. The minimum atomic E-state index is -4.75. The zero-order chi connectivity index (χ0) is 17.2. The van der Waals surface area contributed by atoms with Crippen LogP contribution in [0.5, 0.6) is 0 Å². The van der Waals surface area contributed by atoms with E-state index in [2.05, 4.69) is 0 Å². The van der Waals surface area contributed by atoms with Crippen molar-refractivity contribution in [1.82, 2.24) is 4.90 Å². The standard InChI is InChI=1S/C16H19F4NO2/c1-10(22)13(9-21-6-4-12(23)5-7-21)11-2-3-14(15(17)8-11)16(18,19)20/h2-3,8,12-13,23H,4-7,9H2,1H3/t13-/m1/s1. The van der Waals surface area contributed by atoms with Gasteiger partial charge in [-0.3, -0.25) is 4.79 Å². The van der Waals surface area contributed by atoms with Crippen LogP contribution in [0.15, 0.2) is 18.2 Å². The number of hydrogen-bond acceptors (Lipinski definition) is 3. The molecule has 1 atom stereocenters. The van der Waals surface area contributed by atoms with Crippen molar-refractivity contribution in [3.05, 3.63) is 35.1 Å². The Labute approximate surface area is 131 Å². The average molecular weight is 333 g/mol. The van der Waals surface area contributed by atoms with Gasteiger partial charge in [-0.15, -0.1) is 0 Å². The monoisotopic (exact) mass is 333 g/mol. The van der Waals surface area contributed by atoms with Crippen LogP contribution in [0.4, 0.5) is 17.6 Å². The summed E-state index contributed by atoms with van der Waals surface area (Å²) in [5, 5.41) is 9.48. The summed E-state index contributed by atoms with van der Waals surface area (Å²) in [6.07, 6.45) is -3.93. The molecule has 1 aromatic rings. The van der Waals surface area contributed by atoms with Gasteiger partial charge in [-0.2, -0.15) is 13.2 Å². The van der Waals surface area contributed by atoms with E-state index >= 15 is 0 Å². The highest BCUT2D eigenvalue weighted by atomic mass is 19.4. The molecule has 0 saturated carbocycles. The first kappa shape index (κ1) is 17.9. The molecule has 1 aliphatic rings. The molecular formula is C16H19F4NO2. The molecule has 0 amide bonds. The van der Waals surface area contributed by atoms with Gasteiger partial charge in [0.1, 0.15) is 11.6 Å². The lowest BCUT2D eigenvalue weighted by Crippen LogP contribution is -2.39. The van der Waals surface area contributed by atoms with Gasteiger partial charge in [0.15, 0.2) is 0 Å². The quantitative estimate of drug-likeness (QED) is 0.861. The van der Waals surface area contributed by atoms with Gasteiger partial charge < -0.3 is 10.0 Å². The number of carbonyl (C=O) groups excluding carboxylic acids is 1. The summed E-state index contributed by atoms with van der Waals surface area (Å²) < 4.78 is 51.6. The zero-order valence-corrected chi connectivity index (χ0v) is 12.7. The van der Waals surface area contributed by atoms with Gasteiger partial charge in [0.05, 0.1) is 17.6 Å². The third kappa shape index (κ3) is 4.51. The number of aliphatic hydroxyl groups excluding tert-OH is 1. The van der Waals surface area contributed by atoms with E-state index in [1.807, 2.05) is 4.90 Å². The van der Waals surface area contributed by atoms with E-state index in [1.165, 1.54) is 6.92 Å². The Balaban J connectivity index is 2.18. The van der Waals surface area contributed by atoms with Crippen molar-refractivity contribution in [2.75, 3.05) is 19.6 Å². The predicted molar refractivity (Wildman–Crippen MR) is 76.5 cm³/mol. The molecule has 1 fully saturated rings. The number of benzene rings is 1. The molecule has 128 valence electrons.